The molecule has 0 fully saturated rings. The van der Waals surface area contributed by atoms with E-state index in [4.69, 9.17) is 5.73 Å². The van der Waals surface area contributed by atoms with Crippen molar-refractivity contribution in [1.29, 1.82) is 0 Å². The lowest BCUT2D eigenvalue weighted by Gasteiger charge is -2.07. The van der Waals surface area contributed by atoms with E-state index in [2.05, 4.69) is 5.10 Å². The second-order valence-corrected chi connectivity index (χ2v) is 3.71. The lowest BCUT2D eigenvalue weighted by Crippen LogP contribution is -2.39. The third-order valence-electron chi connectivity index (χ3n) is 2.54. The lowest BCUT2D eigenvalue weighted by molar-refractivity contribution is 0.606. The zero-order valence-electron chi connectivity index (χ0n) is 9.54. The minimum absolute atomic E-state index is 0.174. The molecule has 0 radical (unpaired) electrons. The average molecular weight is 232 g/mol. The van der Waals surface area contributed by atoms with Crippen LogP contribution in [0.5, 0.6) is 0 Å². The fourth-order valence-electron chi connectivity index (χ4n) is 1.58. The van der Waals surface area contributed by atoms with Crippen LogP contribution in [0.4, 0.5) is 5.69 Å². The number of hydrogen-bond acceptors (Lipinski definition) is 4. The molecule has 2 rings (SSSR count). The highest BCUT2D eigenvalue weighted by atomic mass is 16.2. The smallest absolute Gasteiger partial charge is 0.346 e. The molecule has 17 heavy (non-hydrogen) atoms. The molecule has 88 valence electrons. The maximum Gasteiger partial charge on any atom is 0.346 e. The van der Waals surface area contributed by atoms with Crippen LogP contribution in [0, 0.1) is 0 Å². The van der Waals surface area contributed by atoms with E-state index in [-0.39, 0.29) is 5.69 Å². The number of hydrogen-bond donors (Lipinski definition) is 1. The molecule has 0 saturated heterocycles. The van der Waals surface area contributed by atoms with Crippen molar-refractivity contribution in [2.24, 2.45) is 14.1 Å². The summed E-state index contributed by atoms with van der Waals surface area (Å²) in [4.78, 5) is 23.4. The monoisotopic (exact) mass is 232 g/mol. The second-order valence-electron chi connectivity index (χ2n) is 3.71. The SMILES string of the molecule is Cn1nc(-c2ccccc2N)c(=O)n(C)c1=O. The Kier molecular flexibility index (Phi) is 2.55. The van der Waals surface area contributed by atoms with E-state index in [1.807, 2.05) is 0 Å². The molecule has 1 heterocycles. The van der Waals surface area contributed by atoms with Crippen LogP contribution >= 0.6 is 0 Å². The van der Waals surface area contributed by atoms with Crippen LogP contribution in [0.1, 0.15) is 0 Å². The molecule has 0 aliphatic rings. The van der Waals surface area contributed by atoms with Gasteiger partial charge in [-0.1, -0.05) is 18.2 Å². The number of nitrogens with two attached hydrogens (primary N) is 1. The summed E-state index contributed by atoms with van der Waals surface area (Å²) in [6.07, 6.45) is 0. The van der Waals surface area contributed by atoms with Gasteiger partial charge >= 0.3 is 5.69 Å². The van der Waals surface area contributed by atoms with Crippen molar-refractivity contribution in [3.63, 3.8) is 0 Å². The second kappa shape index (κ2) is 3.89. The van der Waals surface area contributed by atoms with E-state index in [9.17, 15) is 9.59 Å². The van der Waals surface area contributed by atoms with Gasteiger partial charge in [0, 0.05) is 25.3 Å². The van der Waals surface area contributed by atoms with Crippen LogP contribution in [0.15, 0.2) is 33.9 Å². The fraction of sp³-hybridized carbons (Fsp3) is 0.182. The first-order chi connectivity index (χ1) is 8.02. The van der Waals surface area contributed by atoms with Crippen molar-refractivity contribution in [3.05, 3.63) is 45.1 Å². The molecular formula is C11H12N4O2. The highest BCUT2D eigenvalue weighted by Crippen LogP contribution is 2.19. The van der Waals surface area contributed by atoms with Gasteiger partial charge in [0.25, 0.3) is 5.56 Å². The maximum absolute atomic E-state index is 11.9. The van der Waals surface area contributed by atoms with Gasteiger partial charge in [0.2, 0.25) is 0 Å². The molecule has 1 aromatic carbocycles. The highest BCUT2D eigenvalue weighted by Gasteiger charge is 2.12. The molecule has 0 bridgehead atoms. The summed E-state index contributed by atoms with van der Waals surface area (Å²) in [5, 5.41) is 3.96. The van der Waals surface area contributed by atoms with Gasteiger partial charge in [0.15, 0.2) is 5.69 Å². The van der Waals surface area contributed by atoms with E-state index in [0.717, 1.165) is 9.25 Å². The van der Waals surface area contributed by atoms with Crippen molar-refractivity contribution in [2.45, 2.75) is 0 Å². The zero-order valence-corrected chi connectivity index (χ0v) is 9.54. The Bertz CT molecular complexity index is 685. The number of nitrogen functional groups attached to an aromatic ring is 1. The lowest BCUT2D eigenvalue weighted by atomic mass is 10.1. The molecule has 6 heteroatoms. The Morgan fingerprint density at radius 2 is 1.82 bits per heavy atom. The van der Waals surface area contributed by atoms with Gasteiger partial charge in [-0.25, -0.2) is 9.48 Å². The predicted octanol–water partition coefficient (Wildman–Crippen LogP) is -0.272. The summed E-state index contributed by atoms with van der Waals surface area (Å²) in [7, 11) is 2.90. The van der Waals surface area contributed by atoms with Crippen LogP contribution in [0.25, 0.3) is 11.3 Å². The number of benzene rings is 1. The Morgan fingerprint density at radius 1 is 1.18 bits per heavy atom. The molecule has 0 amide bonds. The molecule has 0 aliphatic heterocycles. The summed E-state index contributed by atoms with van der Waals surface area (Å²) < 4.78 is 2.12. The first kappa shape index (κ1) is 11.1. The topological polar surface area (TPSA) is 82.9 Å². The van der Waals surface area contributed by atoms with Crippen molar-refractivity contribution < 1.29 is 0 Å². The largest absolute Gasteiger partial charge is 0.398 e. The number of anilines is 1. The average Bonchev–Trinajstić information content (AvgIpc) is 2.32. The number of aromatic nitrogens is 3. The van der Waals surface area contributed by atoms with E-state index >= 15 is 0 Å². The van der Waals surface area contributed by atoms with Crippen LogP contribution < -0.4 is 17.0 Å². The highest BCUT2D eigenvalue weighted by molar-refractivity contribution is 5.72. The fourth-order valence-corrected chi connectivity index (χ4v) is 1.58. The van der Waals surface area contributed by atoms with Gasteiger partial charge in [-0.05, 0) is 6.07 Å². The number of nitrogens with zero attached hydrogens (tertiary/aromatic N) is 3. The van der Waals surface area contributed by atoms with E-state index in [0.29, 0.717) is 11.3 Å². The number of para-hydroxylation sites is 1. The number of rotatable bonds is 1. The summed E-state index contributed by atoms with van der Waals surface area (Å²) in [6.45, 7) is 0. The molecule has 1 aromatic heterocycles. The molecular weight excluding hydrogens is 220 g/mol. The predicted molar refractivity (Wildman–Crippen MR) is 64.6 cm³/mol. The Hall–Kier alpha value is -2.37. The molecule has 0 saturated carbocycles. The van der Waals surface area contributed by atoms with E-state index < -0.39 is 11.2 Å². The van der Waals surface area contributed by atoms with Crippen LogP contribution in [-0.2, 0) is 14.1 Å². The first-order valence-corrected chi connectivity index (χ1v) is 5.01. The van der Waals surface area contributed by atoms with Gasteiger partial charge in [-0.3, -0.25) is 9.36 Å². The first-order valence-electron chi connectivity index (χ1n) is 5.01. The summed E-state index contributed by atoms with van der Waals surface area (Å²) >= 11 is 0. The van der Waals surface area contributed by atoms with Crippen LogP contribution in [-0.4, -0.2) is 14.3 Å². The van der Waals surface area contributed by atoms with Crippen LogP contribution in [0.2, 0.25) is 0 Å². The standard InChI is InChI=1S/C11H12N4O2/c1-14-10(16)9(13-15(2)11(14)17)7-5-3-4-6-8(7)12/h3-6H,12H2,1-2H3. The Morgan fingerprint density at radius 3 is 2.47 bits per heavy atom. The quantitative estimate of drug-likeness (QED) is 0.686. The van der Waals surface area contributed by atoms with Crippen molar-refractivity contribution in [1.82, 2.24) is 14.3 Å². The number of aryl methyl sites for hydroxylation is 1. The maximum atomic E-state index is 11.9. The van der Waals surface area contributed by atoms with E-state index in [1.165, 1.54) is 14.1 Å². The van der Waals surface area contributed by atoms with Crippen molar-refractivity contribution in [3.8, 4) is 11.3 Å². The van der Waals surface area contributed by atoms with Gasteiger partial charge < -0.3 is 5.73 Å². The zero-order chi connectivity index (χ0) is 12.6. The van der Waals surface area contributed by atoms with Gasteiger partial charge in [0.05, 0.1) is 0 Å². The van der Waals surface area contributed by atoms with Gasteiger partial charge in [-0.15, -0.1) is 0 Å². The van der Waals surface area contributed by atoms with Crippen LogP contribution in [0.3, 0.4) is 0 Å². The minimum Gasteiger partial charge on any atom is -0.398 e. The Balaban J connectivity index is 2.83. The molecule has 6 nitrogen and oxygen atoms in total. The molecule has 0 atom stereocenters. The third-order valence-corrected chi connectivity index (χ3v) is 2.54. The minimum atomic E-state index is -0.465. The van der Waals surface area contributed by atoms with Gasteiger partial charge in [0.1, 0.15) is 0 Å². The molecule has 0 spiro atoms. The van der Waals surface area contributed by atoms with Gasteiger partial charge in [-0.2, -0.15) is 5.10 Å². The van der Waals surface area contributed by atoms with E-state index in [1.54, 1.807) is 24.3 Å². The Labute approximate surface area is 96.9 Å². The molecule has 2 aromatic rings. The molecule has 0 unspecified atom stereocenters. The van der Waals surface area contributed by atoms with Crippen molar-refractivity contribution in [2.75, 3.05) is 5.73 Å². The molecule has 0 aliphatic carbocycles. The summed E-state index contributed by atoms with van der Waals surface area (Å²) in [5.74, 6) is 0. The van der Waals surface area contributed by atoms with Crippen molar-refractivity contribution >= 4 is 5.69 Å². The normalized spacial score (nSPS) is 10.5. The molecule has 2 N–H and O–H groups in total. The summed E-state index contributed by atoms with van der Waals surface area (Å²) in [5.41, 5.74) is 6.03. The third kappa shape index (κ3) is 1.73. The summed E-state index contributed by atoms with van der Waals surface area (Å²) in [6, 6.07) is 6.91.